The van der Waals surface area contributed by atoms with Crippen molar-refractivity contribution in [1.29, 1.82) is 0 Å². The predicted molar refractivity (Wildman–Crippen MR) is 75.8 cm³/mol. The third kappa shape index (κ3) is 2.45. The molecule has 1 aliphatic rings. The third-order valence-electron chi connectivity index (χ3n) is 3.05. The zero-order chi connectivity index (χ0) is 13.5. The van der Waals surface area contributed by atoms with E-state index in [1.807, 2.05) is 6.07 Å². The van der Waals surface area contributed by atoms with Crippen LogP contribution in [0, 0.1) is 0 Å². The van der Waals surface area contributed by atoms with Gasteiger partial charge < -0.3 is 9.64 Å². The van der Waals surface area contributed by atoms with Crippen LogP contribution in [0.5, 0.6) is 0 Å². The molecule has 19 heavy (non-hydrogen) atoms. The van der Waals surface area contributed by atoms with Crippen LogP contribution >= 0.6 is 11.3 Å². The summed E-state index contributed by atoms with van der Waals surface area (Å²) in [6.07, 6.45) is 1.22. The van der Waals surface area contributed by atoms with Crippen molar-refractivity contribution in [1.82, 2.24) is 4.98 Å². The topological polar surface area (TPSA) is 59.5 Å². The van der Waals surface area contributed by atoms with Gasteiger partial charge in [-0.05, 0) is 12.1 Å². The van der Waals surface area contributed by atoms with E-state index in [0.29, 0.717) is 23.6 Å². The zero-order valence-corrected chi connectivity index (χ0v) is 12.1. The number of benzene rings is 1. The van der Waals surface area contributed by atoms with E-state index < -0.39 is 9.84 Å². The molecule has 1 aromatic heterocycles. The largest absolute Gasteiger partial charge is 0.378 e. The molecule has 0 unspecified atom stereocenters. The smallest absolute Gasteiger partial charge is 0.186 e. The number of hydrogen-bond acceptors (Lipinski definition) is 6. The van der Waals surface area contributed by atoms with Crippen molar-refractivity contribution in [2.24, 2.45) is 0 Å². The summed E-state index contributed by atoms with van der Waals surface area (Å²) in [6.45, 7) is 2.98. The highest BCUT2D eigenvalue weighted by atomic mass is 32.2. The summed E-state index contributed by atoms with van der Waals surface area (Å²) < 4.78 is 29.7. The Balaban J connectivity index is 2.10. The molecule has 102 valence electrons. The van der Waals surface area contributed by atoms with Crippen LogP contribution in [0.1, 0.15) is 0 Å². The van der Waals surface area contributed by atoms with Crippen molar-refractivity contribution in [2.45, 2.75) is 4.90 Å². The number of aromatic nitrogens is 1. The number of morpholine rings is 1. The van der Waals surface area contributed by atoms with E-state index in [4.69, 9.17) is 4.74 Å². The van der Waals surface area contributed by atoms with Gasteiger partial charge in [-0.3, -0.25) is 0 Å². The summed E-state index contributed by atoms with van der Waals surface area (Å²) >= 11 is 1.53. The van der Waals surface area contributed by atoms with E-state index in [9.17, 15) is 8.42 Å². The van der Waals surface area contributed by atoms with Gasteiger partial charge in [-0.25, -0.2) is 13.4 Å². The number of rotatable bonds is 2. The van der Waals surface area contributed by atoms with Crippen molar-refractivity contribution in [3.05, 3.63) is 18.2 Å². The van der Waals surface area contributed by atoms with Crippen molar-refractivity contribution in [2.75, 3.05) is 37.5 Å². The summed E-state index contributed by atoms with van der Waals surface area (Å²) in [7, 11) is -3.25. The molecule has 7 heteroatoms. The number of ether oxygens (including phenoxy) is 1. The molecule has 1 saturated heterocycles. The number of hydrogen-bond donors (Lipinski definition) is 0. The molecular formula is C12H14N2O3S2. The summed E-state index contributed by atoms with van der Waals surface area (Å²) in [5.41, 5.74) is 0.580. The highest BCUT2D eigenvalue weighted by Gasteiger charge is 2.19. The first-order valence-electron chi connectivity index (χ1n) is 5.98. The lowest BCUT2D eigenvalue weighted by Crippen LogP contribution is -2.36. The zero-order valence-electron chi connectivity index (χ0n) is 10.5. The number of anilines is 1. The molecule has 1 aromatic carbocycles. The number of thiazole rings is 1. The first-order chi connectivity index (χ1) is 9.05. The number of sulfone groups is 1. The average Bonchev–Trinajstić information content (AvgIpc) is 2.82. The Kier molecular flexibility index (Phi) is 3.20. The maximum atomic E-state index is 11.8. The molecule has 0 aliphatic carbocycles. The van der Waals surface area contributed by atoms with Crippen LogP contribution in [0.4, 0.5) is 5.13 Å². The maximum absolute atomic E-state index is 11.8. The predicted octanol–water partition coefficient (Wildman–Crippen LogP) is 1.54. The van der Waals surface area contributed by atoms with Gasteiger partial charge in [0.05, 0.1) is 22.8 Å². The fourth-order valence-corrected chi connectivity index (χ4v) is 4.04. The van der Waals surface area contributed by atoms with Crippen LogP contribution in [0.3, 0.4) is 0 Å². The Morgan fingerprint density at radius 2 is 2.05 bits per heavy atom. The Morgan fingerprint density at radius 1 is 1.32 bits per heavy atom. The molecule has 5 nitrogen and oxygen atoms in total. The highest BCUT2D eigenvalue weighted by Crippen LogP contribution is 2.32. The van der Waals surface area contributed by atoms with E-state index in [1.54, 1.807) is 12.1 Å². The fourth-order valence-electron chi connectivity index (χ4n) is 2.10. The lowest BCUT2D eigenvalue weighted by molar-refractivity contribution is 0.122. The van der Waals surface area contributed by atoms with Gasteiger partial charge in [0, 0.05) is 19.3 Å². The van der Waals surface area contributed by atoms with Crippen LogP contribution in [0.2, 0.25) is 0 Å². The molecule has 0 radical (unpaired) electrons. The van der Waals surface area contributed by atoms with Gasteiger partial charge in [-0.2, -0.15) is 0 Å². The van der Waals surface area contributed by atoms with E-state index in [2.05, 4.69) is 9.88 Å². The van der Waals surface area contributed by atoms with Crippen molar-refractivity contribution in [3.63, 3.8) is 0 Å². The van der Waals surface area contributed by atoms with Gasteiger partial charge in [0.25, 0.3) is 0 Å². The molecule has 0 N–H and O–H groups in total. The van der Waals surface area contributed by atoms with Crippen molar-refractivity contribution in [3.8, 4) is 0 Å². The van der Waals surface area contributed by atoms with Crippen molar-refractivity contribution < 1.29 is 13.2 Å². The lowest BCUT2D eigenvalue weighted by Gasteiger charge is -2.25. The molecule has 2 heterocycles. The van der Waals surface area contributed by atoms with Gasteiger partial charge in [0.2, 0.25) is 0 Å². The molecule has 0 amide bonds. The van der Waals surface area contributed by atoms with Crippen LogP contribution in [-0.4, -0.2) is 46.0 Å². The Bertz CT molecular complexity index is 703. The van der Waals surface area contributed by atoms with E-state index in [1.165, 1.54) is 17.6 Å². The second-order valence-electron chi connectivity index (χ2n) is 4.47. The first-order valence-corrected chi connectivity index (χ1v) is 8.69. The Labute approximate surface area is 115 Å². The molecule has 0 bridgehead atoms. The number of nitrogens with zero attached hydrogens (tertiary/aromatic N) is 2. The average molecular weight is 298 g/mol. The fraction of sp³-hybridized carbons (Fsp3) is 0.417. The van der Waals surface area contributed by atoms with Crippen LogP contribution in [0.15, 0.2) is 23.1 Å². The Hall–Kier alpha value is -1.18. The van der Waals surface area contributed by atoms with Crippen LogP contribution in [-0.2, 0) is 14.6 Å². The van der Waals surface area contributed by atoms with E-state index in [0.717, 1.165) is 22.9 Å². The number of para-hydroxylation sites is 1. The highest BCUT2D eigenvalue weighted by molar-refractivity contribution is 7.91. The third-order valence-corrected chi connectivity index (χ3v) is 5.26. The summed E-state index contributed by atoms with van der Waals surface area (Å²) in [5.74, 6) is 0. The minimum Gasteiger partial charge on any atom is -0.378 e. The van der Waals surface area contributed by atoms with E-state index >= 15 is 0 Å². The van der Waals surface area contributed by atoms with Gasteiger partial charge >= 0.3 is 0 Å². The molecule has 0 saturated carbocycles. The molecule has 1 fully saturated rings. The normalized spacial score (nSPS) is 17.0. The lowest BCUT2D eigenvalue weighted by atomic mass is 10.3. The van der Waals surface area contributed by atoms with Gasteiger partial charge in [-0.15, -0.1) is 0 Å². The summed E-state index contributed by atoms with van der Waals surface area (Å²) in [4.78, 5) is 6.96. The van der Waals surface area contributed by atoms with Gasteiger partial charge in [0.15, 0.2) is 15.0 Å². The van der Waals surface area contributed by atoms with Gasteiger partial charge in [0.1, 0.15) is 5.52 Å². The molecule has 0 atom stereocenters. The second-order valence-corrected chi connectivity index (χ2v) is 7.46. The minimum absolute atomic E-state index is 0.306. The quantitative estimate of drug-likeness (QED) is 0.841. The first kappa shape index (κ1) is 12.8. The minimum atomic E-state index is -3.25. The van der Waals surface area contributed by atoms with E-state index in [-0.39, 0.29) is 0 Å². The standard InChI is InChI=1S/C12H14N2O3S2/c1-19(15,16)10-4-2-3-9-11(10)13-12(18-9)14-5-7-17-8-6-14/h2-4H,5-8H2,1H3. The maximum Gasteiger partial charge on any atom is 0.186 e. The Morgan fingerprint density at radius 3 is 2.74 bits per heavy atom. The summed E-state index contributed by atoms with van der Waals surface area (Å²) in [5, 5.41) is 0.870. The van der Waals surface area contributed by atoms with Crippen LogP contribution < -0.4 is 4.90 Å². The molecule has 3 rings (SSSR count). The SMILES string of the molecule is CS(=O)(=O)c1cccc2sc(N3CCOCC3)nc12. The second kappa shape index (κ2) is 4.73. The van der Waals surface area contributed by atoms with Gasteiger partial charge in [-0.1, -0.05) is 17.4 Å². The molecule has 2 aromatic rings. The molecule has 0 spiro atoms. The molecule has 1 aliphatic heterocycles. The molecular weight excluding hydrogens is 284 g/mol. The monoisotopic (exact) mass is 298 g/mol. The van der Waals surface area contributed by atoms with Crippen LogP contribution in [0.25, 0.3) is 10.2 Å². The summed E-state index contributed by atoms with van der Waals surface area (Å²) in [6, 6.07) is 5.28. The van der Waals surface area contributed by atoms with Crippen molar-refractivity contribution >= 4 is 36.5 Å². The number of fused-ring (bicyclic) bond motifs is 1.